The molecule has 1 amide bonds. The molecule has 1 rings (SSSR count). The molecule has 0 fully saturated rings. The third kappa shape index (κ3) is 5.72. The Kier molecular flexibility index (Phi) is 6.17. The summed E-state index contributed by atoms with van der Waals surface area (Å²) in [5.41, 5.74) is 6.53. The molecule has 0 aliphatic rings. The van der Waals surface area contributed by atoms with Crippen LogP contribution in [0.1, 0.15) is 38.9 Å². The number of nitrogens with one attached hydrogen (secondary N) is 1. The van der Waals surface area contributed by atoms with Crippen molar-refractivity contribution >= 4 is 5.91 Å². The highest BCUT2D eigenvalue weighted by Gasteiger charge is 2.24. The second kappa shape index (κ2) is 7.41. The lowest BCUT2D eigenvalue weighted by atomic mass is 9.84. The summed E-state index contributed by atoms with van der Waals surface area (Å²) in [6.07, 6.45) is 0.0461. The van der Waals surface area contributed by atoms with Gasteiger partial charge in [0, 0.05) is 13.1 Å². The number of hydrogen-bond donors (Lipinski definition) is 3. The van der Waals surface area contributed by atoms with Crippen LogP contribution in [-0.2, 0) is 4.79 Å². The molecule has 1 aromatic rings. The van der Waals surface area contributed by atoms with Crippen LogP contribution >= 0.6 is 0 Å². The van der Waals surface area contributed by atoms with Crippen LogP contribution in [0.25, 0.3) is 0 Å². The minimum atomic E-state index is -0.687. The summed E-state index contributed by atoms with van der Waals surface area (Å²) in [7, 11) is 0. The van der Waals surface area contributed by atoms with Gasteiger partial charge in [-0.25, -0.2) is 0 Å². The molecule has 0 aromatic heterocycles. The van der Waals surface area contributed by atoms with Crippen LogP contribution in [0.3, 0.4) is 0 Å². The number of rotatable bonds is 6. The highest BCUT2D eigenvalue weighted by Crippen LogP contribution is 2.24. The van der Waals surface area contributed by atoms with Crippen molar-refractivity contribution < 1.29 is 9.90 Å². The SMILES string of the molecule is CC(C)(C)CC(CN)C(=O)NCC(O)c1ccccc1. The maximum Gasteiger partial charge on any atom is 0.224 e. The van der Waals surface area contributed by atoms with Crippen molar-refractivity contribution in [2.45, 2.75) is 33.3 Å². The van der Waals surface area contributed by atoms with E-state index < -0.39 is 6.10 Å². The van der Waals surface area contributed by atoms with Gasteiger partial charge in [-0.1, -0.05) is 51.1 Å². The summed E-state index contributed by atoms with van der Waals surface area (Å²) in [6, 6.07) is 9.30. The summed E-state index contributed by atoms with van der Waals surface area (Å²) in [5.74, 6) is -0.296. The van der Waals surface area contributed by atoms with Gasteiger partial charge >= 0.3 is 0 Å². The van der Waals surface area contributed by atoms with Gasteiger partial charge in [-0.15, -0.1) is 0 Å². The number of amides is 1. The molecule has 0 saturated carbocycles. The molecule has 2 atom stereocenters. The summed E-state index contributed by atoms with van der Waals surface area (Å²) >= 11 is 0. The number of aliphatic hydroxyl groups excluding tert-OH is 1. The smallest absolute Gasteiger partial charge is 0.224 e. The summed E-state index contributed by atoms with van der Waals surface area (Å²) in [5, 5.41) is 12.8. The van der Waals surface area contributed by atoms with Crippen molar-refractivity contribution in [3.8, 4) is 0 Å². The molecule has 0 heterocycles. The number of carbonyl (C=O) groups is 1. The summed E-state index contributed by atoms with van der Waals surface area (Å²) < 4.78 is 0. The van der Waals surface area contributed by atoms with Gasteiger partial charge in [0.2, 0.25) is 5.91 Å². The van der Waals surface area contributed by atoms with Crippen molar-refractivity contribution in [3.05, 3.63) is 35.9 Å². The van der Waals surface area contributed by atoms with E-state index in [9.17, 15) is 9.90 Å². The molecule has 4 heteroatoms. The number of hydrogen-bond acceptors (Lipinski definition) is 3. The quantitative estimate of drug-likeness (QED) is 0.743. The normalized spacial score (nSPS) is 14.7. The van der Waals surface area contributed by atoms with Crippen LogP contribution < -0.4 is 11.1 Å². The Morgan fingerprint density at radius 1 is 1.30 bits per heavy atom. The van der Waals surface area contributed by atoms with Crippen molar-refractivity contribution in [2.75, 3.05) is 13.1 Å². The van der Waals surface area contributed by atoms with E-state index in [2.05, 4.69) is 26.1 Å². The molecule has 112 valence electrons. The Balaban J connectivity index is 2.49. The van der Waals surface area contributed by atoms with Gasteiger partial charge in [-0.2, -0.15) is 0 Å². The Bertz CT molecular complexity index is 412. The van der Waals surface area contributed by atoms with Gasteiger partial charge in [0.25, 0.3) is 0 Å². The minimum Gasteiger partial charge on any atom is -0.387 e. The molecule has 0 spiro atoms. The van der Waals surface area contributed by atoms with Crippen molar-refractivity contribution in [2.24, 2.45) is 17.1 Å². The number of benzene rings is 1. The first-order chi connectivity index (χ1) is 9.33. The van der Waals surface area contributed by atoms with E-state index in [0.29, 0.717) is 6.54 Å². The van der Waals surface area contributed by atoms with Crippen LogP contribution in [0.2, 0.25) is 0 Å². The molecular formula is C16H26N2O2. The van der Waals surface area contributed by atoms with Gasteiger partial charge in [0.05, 0.1) is 12.0 Å². The van der Waals surface area contributed by atoms with E-state index in [0.717, 1.165) is 12.0 Å². The average molecular weight is 278 g/mol. The summed E-state index contributed by atoms with van der Waals surface area (Å²) in [4.78, 5) is 12.1. The van der Waals surface area contributed by atoms with E-state index in [1.165, 1.54) is 0 Å². The van der Waals surface area contributed by atoms with Crippen LogP contribution in [0.15, 0.2) is 30.3 Å². The lowest BCUT2D eigenvalue weighted by molar-refractivity contribution is -0.126. The highest BCUT2D eigenvalue weighted by molar-refractivity contribution is 5.78. The fraction of sp³-hybridized carbons (Fsp3) is 0.562. The van der Waals surface area contributed by atoms with E-state index in [1.54, 1.807) is 0 Å². The monoisotopic (exact) mass is 278 g/mol. The second-order valence-electron chi connectivity index (χ2n) is 6.37. The lowest BCUT2D eigenvalue weighted by Gasteiger charge is -2.24. The Labute approximate surface area is 121 Å². The fourth-order valence-corrected chi connectivity index (χ4v) is 2.16. The lowest BCUT2D eigenvalue weighted by Crippen LogP contribution is -2.39. The number of nitrogens with two attached hydrogens (primary N) is 1. The average Bonchev–Trinajstić information content (AvgIpc) is 2.41. The minimum absolute atomic E-state index is 0.0550. The topological polar surface area (TPSA) is 75.4 Å². The molecule has 0 radical (unpaired) electrons. The molecule has 0 bridgehead atoms. The van der Waals surface area contributed by atoms with E-state index in [-0.39, 0.29) is 23.8 Å². The first-order valence-electron chi connectivity index (χ1n) is 7.04. The third-order valence-electron chi connectivity index (χ3n) is 3.17. The molecule has 0 aliphatic heterocycles. The first kappa shape index (κ1) is 16.7. The van der Waals surface area contributed by atoms with Gasteiger partial charge in [-0.05, 0) is 17.4 Å². The molecule has 20 heavy (non-hydrogen) atoms. The predicted octanol–water partition coefficient (Wildman–Crippen LogP) is 1.85. The second-order valence-corrected chi connectivity index (χ2v) is 6.37. The molecule has 4 nitrogen and oxygen atoms in total. The Hall–Kier alpha value is -1.39. The Morgan fingerprint density at radius 2 is 1.90 bits per heavy atom. The molecule has 0 saturated heterocycles. The molecule has 4 N–H and O–H groups in total. The van der Waals surface area contributed by atoms with Crippen LogP contribution in [0, 0.1) is 11.3 Å². The first-order valence-corrected chi connectivity index (χ1v) is 7.04. The standard InChI is InChI=1S/C16H26N2O2/c1-16(2,3)9-13(10-17)15(20)18-11-14(19)12-7-5-4-6-8-12/h4-8,13-14,19H,9-11,17H2,1-3H3,(H,18,20). The highest BCUT2D eigenvalue weighted by atomic mass is 16.3. The van der Waals surface area contributed by atoms with Gasteiger partial charge in [0.15, 0.2) is 0 Å². The maximum atomic E-state index is 12.1. The zero-order valence-electron chi connectivity index (χ0n) is 12.6. The van der Waals surface area contributed by atoms with Crippen LogP contribution in [0.5, 0.6) is 0 Å². The maximum absolute atomic E-state index is 12.1. The largest absolute Gasteiger partial charge is 0.387 e. The number of aliphatic hydroxyl groups is 1. The van der Waals surface area contributed by atoms with Crippen molar-refractivity contribution in [1.82, 2.24) is 5.32 Å². The van der Waals surface area contributed by atoms with E-state index in [4.69, 9.17) is 5.73 Å². The van der Waals surface area contributed by atoms with Crippen molar-refractivity contribution in [1.29, 1.82) is 0 Å². The van der Waals surface area contributed by atoms with Gasteiger partial charge < -0.3 is 16.2 Å². The summed E-state index contributed by atoms with van der Waals surface area (Å²) in [6.45, 7) is 6.79. The molecule has 2 unspecified atom stereocenters. The van der Waals surface area contributed by atoms with Gasteiger partial charge in [-0.3, -0.25) is 4.79 Å². The third-order valence-corrected chi connectivity index (χ3v) is 3.17. The van der Waals surface area contributed by atoms with E-state index in [1.807, 2.05) is 30.3 Å². The zero-order valence-corrected chi connectivity index (χ0v) is 12.6. The Morgan fingerprint density at radius 3 is 2.40 bits per heavy atom. The fourth-order valence-electron chi connectivity index (χ4n) is 2.16. The molecule has 1 aromatic carbocycles. The molecule has 0 aliphatic carbocycles. The molecular weight excluding hydrogens is 252 g/mol. The van der Waals surface area contributed by atoms with Crippen LogP contribution in [0.4, 0.5) is 0 Å². The zero-order chi connectivity index (χ0) is 15.2. The predicted molar refractivity (Wildman–Crippen MR) is 81.0 cm³/mol. The van der Waals surface area contributed by atoms with Crippen molar-refractivity contribution in [3.63, 3.8) is 0 Å². The van der Waals surface area contributed by atoms with Gasteiger partial charge in [0.1, 0.15) is 0 Å². The van der Waals surface area contributed by atoms with Crippen LogP contribution in [-0.4, -0.2) is 24.1 Å². The number of carbonyl (C=O) groups excluding carboxylic acids is 1. The van der Waals surface area contributed by atoms with E-state index >= 15 is 0 Å².